The van der Waals surface area contributed by atoms with Crippen LogP contribution in [0, 0.1) is 0 Å². The highest BCUT2D eigenvalue weighted by molar-refractivity contribution is 7.10. The van der Waals surface area contributed by atoms with Crippen molar-refractivity contribution in [3.63, 3.8) is 0 Å². The Labute approximate surface area is 109 Å². The van der Waals surface area contributed by atoms with Gasteiger partial charge in [0.15, 0.2) is 0 Å². The lowest BCUT2D eigenvalue weighted by Crippen LogP contribution is -2.09. The first-order chi connectivity index (χ1) is 8.88. The Morgan fingerprint density at radius 2 is 2.33 bits per heavy atom. The Balaban J connectivity index is 1.93. The number of pyridine rings is 1. The first-order valence-electron chi connectivity index (χ1n) is 6.00. The number of anilines is 1. The quantitative estimate of drug-likeness (QED) is 0.751. The molecule has 0 fully saturated rings. The van der Waals surface area contributed by atoms with Crippen LogP contribution in [0.4, 0.5) is 5.82 Å². The summed E-state index contributed by atoms with van der Waals surface area (Å²) in [4.78, 5) is 5.74. The van der Waals surface area contributed by atoms with Crippen molar-refractivity contribution in [1.82, 2.24) is 4.98 Å². The van der Waals surface area contributed by atoms with E-state index in [-0.39, 0.29) is 0 Å². The van der Waals surface area contributed by atoms with Gasteiger partial charge in [0.25, 0.3) is 0 Å². The van der Waals surface area contributed by atoms with Gasteiger partial charge < -0.3 is 9.73 Å². The molecule has 1 atom stereocenters. The molecule has 0 spiro atoms. The van der Waals surface area contributed by atoms with E-state index in [0.717, 1.165) is 23.2 Å². The fraction of sp³-hybridized carbons (Fsp3) is 0.214. The molecular formula is C14H14N2OS. The van der Waals surface area contributed by atoms with Crippen LogP contribution in [0.15, 0.2) is 46.5 Å². The van der Waals surface area contributed by atoms with Crippen molar-refractivity contribution in [3.8, 4) is 0 Å². The topological polar surface area (TPSA) is 38.1 Å². The zero-order chi connectivity index (χ0) is 12.4. The summed E-state index contributed by atoms with van der Waals surface area (Å²) in [5.41, 5.74) is 0.869. The molecule has 0 aliphatic rings. The molecule has 0 bridgehead atoms. The van der Waals surface area contributed by atoms with Gasteiger partial charge in [0.1, 0.15) is 11.4 Å². The van der Waals surface area contributed by atoms with E-state index in [0.29, 0.717) is 6.04 Å². The van der Waals surface area contributed by atoms with Crippen molar-refractivity contribution in [3.05, 3.63) is 47.0 Å². The highest BCUT2D eigenvalue weighted by Gasteiger charge is 2.13. The summed E-state index contributed by atoms with van der Waals surface area (Å²) in [5.74, 6) is 0.890. The van der Waals surface area contributed by atoms with Crippen molar-refractivity contribution < 1.29 is 4.42 Å². The van der Waals surface area contributed by atoms with Gasteiger partial charge in [0.2, 0.25) is 0 Å². The Morgan fingerprint density at radius 3 is 3.11 bits per heavy atom. The zero-order valence-corrected chi connectivity index (χ0v) is 10.9. The fourth-order valence-corrected chi connectivity index (χ4v) is 2.90. The summed E-state index contributed by atoms with van der Waals surface area (Å²) in [6, 6.07) is 8.37. The second kappa shape index (κ2) is 4.82. The predicted octanol–water partition coefficient (Wildman–Crippen LogP) is 4.45. The van der Waals surface area contributed by atoms with Crippen LogP contribution in [0.3, 0.4) is 0 Å². The minimum atomic E-state index is 0.304. The summed E-state index contributed by atoms with van der Waals surface area (Å²) in [5, 5.41) is 6.64. The summed E-state index contributed by atoms with van der Waals surface area (Å²) in [6.07, 6.45) is 4.50. The SMILES string of the molecule is CCC(Nc1nccc2occc12)c1cccs1. The third kappa shape index (κ3) is 1.99. The molecule has 3 aromatic heterocycles. The summed E-state index contributed by atoms with van der Waals surface area (Å²) in [6.45, 7) is 2.17. The monoisotopic (exact) mass is 258 g/mol. The number of fused-ring (bicyclic) bond motifs is 1. The Bertz CT molecular complexity index is 630. The van der Waals surface area contributed by atoms with Crippen molar-refractivity contribution in [1.29, 1.82) is 0 Å². The molecule has 3 rings (SSSR count). The normalized spacial score (nSPS) is 12.7. The molecule has 0 aliphatic heterocycles. The summed E-state index contributed by atoms with van der Waals surface area (Å²) in [7, 11) is 0. The van der Waals surface area contributed by atoms with Crippen LogP contribution < -0.4 is 5.32 Å². The first-order valence-corrected chi connectivity index (χ1v) is 6.88. The average molecular weight is 258 g/mol. The van der Waals surface area contributed by atoms with Gasteiger partial charge in [-0.1, -0.05) is 13.0 Å². The van der Waals surface area contributed by atoms with Crippen LogP contribution in [0.25, 0.3) is 11.0 Å². The number of aromatic nitrogens is 1. The maximum Gasteiger partial charge on any atom is 0.139 e. The third-order valence-corrected chi connectivity index (χ3v) is 3.97. The number of furan rings is 1. The number of hydrogen-bond donors (Lipinski definition) is 1. The van der Waals surface area contributed by atoms with Crippen LogP contribution in [0.5, 0.6) is 0 Å². The minimum absolute atomic E-state index is 0.304. The predicted molar refractivity (Wildman–Crippen MR) is 75.0 cm³/mol. The van der Waals surface area contributed by atoms with E-state index in [1.165, 1.54) is 4.88 Å². The largest absolute Gasteiger partial charge is 0.464 e. The van der Waals surface area contributed by atoms with Crippen molar-refractivity contribution in [2.45, 2.75) is 19.4 Å². The van der Waals surface area contributed by atoms with E-state index < -0.39 is 0 Å². The molecule has 0 saturated heterocycles. The zero-order valence-electron chi connectivity index (χ0n) is 10.1. The molecule has 92 valence electrons. The maximum atomic E-state index is 5.39. The molecular weight excluding hydrogens is 244 g/mol. The summed E-state index contributed by atoms with van der Waals surface area (Å²) < 4.78 is 5.39. The first kappa shape index (κ1) is 11.3. The fourth-order valence-electron chi connectivity index (χ4n) is 2.04. The van der Waals surface area contributed by atoms with Crippen LogP contribution in [0.2, 0.25) is 0 Å². The smallest absolute Gasteiger partial charge is 0.139 e. The van der Waals surface area contributed by atoms with Gasteiger partial charge in [-0.3, -0.25) is 0 Å². The lowest BCUT2D eigenvalue weighted by molar-refractivity contribution is 0.615. The van der Waals surface area contributed by atoms with E-state index in [9.17, 15) is 0 Å². The molecule has 0 radical (unpaired) electrons. The maximum absolute atomic E-state index is 5.39. The van der Waals surface area contributed by atoms with Gasteiger partial charge in [-0.2, -0.15) is 0 Å². The van der Waals surface area contributed by atoms with Gasteiger partial charge >= 0.3 is 0 Å². The van der Waals surface area contributed by atoms with Crippen LogP contribution >= 0.6 is 11.3 Å². The number of nitrogens with one attached hydrogen (secondary N) is 1. The van der Waals surface area contributed by atoms with E-state index in [1.54, 1.807) is 23.8 Å². The second-order valence-corrected chi connectivity index (χ2v) is 5.09. The molecule has 3 nitrogen and oxygen atoms in total. The van der Waals surface area contributed by atoms with Crippen molar-refractivity contribution >= 4 is 28.1 Å². The molecule has 3 aromatic rings. The minimum Gasteiger partial charge on any atom is -0.464 e. The highest BCUT2D eigenvalue weighted by Crippen LogP contribution is 2.29. The van der Waals surface area contributed by atoms with Gasteiger partial charge in [0, 0.05) is 11.1 Å². The van der Waals surface area contributed by atoms with Crippen LogP contribution in [-0.2, 0) is 0 Å². The van der Waals surface area contributed by atoms with Gasteiger partial charge in [0.05, 0.1) is 17.7 Å². The van der Waals surface area contributed by atoms with Gasteiger partial charge in [-0.05, 0) is 30.0 Å². The van der Waals surface area contributed by atoms with E-state index in [1.807, 2.05) is 12.1 Å². The number of hydrogen-bond acceptors (Lipinski definition) is 4. The second-order valence-electron chi connectivity index (χ2n) is 4.11. The molecule has 1 unspecified atom stereocenters. The number of thiophene rings is 1. The molecule has 3 heterocycles. The van der Waals surface area contributed by atoms with Crippen molar-refractivity contribution in [2.75, 3.05) is 5.32 Å². The number of rotatable bonds is 4. The summed E-state index contributed by atoms with van der Waals surface area (Å²) >= 11 is 1.77. The van der Waals surface area contributed by atoms with E-state index >= 15 is 0 Å². The third-order valence-electron chi connectivity index (χ3n) is 2.99. The lowest BCUT2D eigenvalue weighted by atomic mass is 10.2. The van der Waals surface area contributed by atoms with Crippen LogP contribution in [0.1, 0.15) is 24.3 Å². The van der Waals surface area contributed by atoms with E-state index in [2.05, 4.69) is 34.7 Å². The lowest BCUT2D eigenvalue weighted by Gasteiger charge is -2.16. The molecule has 18 heavy (non-hydrogen) atoms. The molecule has 0 aliphatic carbocycles. The Morgan fingerprint density at radius 1 is 1.39 bits per heavy atom. The standard InChI is InChI=1S/C14H14N2OS/c1-2-11(13-4-3-9-18-13)16-14-10-6-8-17-12(10)5-7-15-14/h3-9,11H,2H2,1H3,(H,15,16). The van der Waals surface area contributed by atoms with E-state index in [4.69, 9.17) is 4.42 Å². The van der Waals surface area contributed by atoms with Crippen molar-refractivity contribution in [2.24, 2.45) is 0 Å². The molecule has 4 heteroatoms. The van der Waals surface area contributed by atoms with Crippen LogP contribution in [-0.4, -0.2) is 4.98 Å². The highest BCUT2D eigenvalue weighted by atomic mass is 32.1. The van der Waals surface area contributed by atoms with Gasteiger partial charge in [-0.25, -0.2) is 4.98 Å². The average Bonchev–Trinajstić information content (AvgIpc) is 3.06. The Kier molecular flexibility index (Phi) is 3.02. The molecule has 0 amide bonds. The molecule has 0 saturated carbocycles. The van der Waals surface area contributed by atoms with Gasteiger partial charge in [-0.15, -0.1) is 11.3 Å². The Hall–Kier alpha value is -1.81. The number of nitrogens with zero attached hydrogens (tertiary/aromatic N) is 1. The molecule has 0 aromatic carbocycles. The molecule has 1 N–H and O–H groups in total.